The molecule has 0 aromatic heterocycles. The summed E-state index contributed by atoms with van der Waals surface area (Å²) in [6, 6.07) is 0. The molecule has 0 rings (SSSR count). The van der Waals surface area contributed by atoms with E-state index in [9.17, 15) is 4.79 Å². The zero-order chi connectivity index (χ0) is 11.2. The summed E-state index contributed by atoms with van der Waals surface area (Å²) in [5.41, 5.74) is -0.431. The van der Waals surface area contributed by atoms with E-state index in [1.54, 1.807) is 6.92 Å². The molecule has 0 saturated carbocycles. The largest absolute Gasteiger partial charge is 0.458 e. The molecule has 0 aliphatic heterocycles. The Labute approximate surface area is 86.8 Å². The summed E-state index contributed by atoms with van der Waals surface area (Å²) in [6.07, 6.45) is 1.59. The Morgan fingerprint density at radius 2 is 1.93 bits per heavy atom. The van der Waals surface area contributed by atoms with Crippen molar-refractivity contribution in [1.29, 1.82) is 0 Å². The van der Waals surface area contributed by atoms with Crippen LogP contribution in [-0.2, 0) is 14.3 Å². The molecule has 3 nitrogen and oxygen atoms in total. The van der Waals surface area contributed by atoms with Crippen LogP contribution in [0.3, 0.4) is 0 Å². The van der Waals surface area contributed by atoms with Gasteiger partial charge in [0.2, 0.25) is 0 Å². The maximum absolute atomic E-state index is 11.4. The number of rotatable bonds is 5. The van der Waals surface area contributed by atoms with Crippen LogP contribution in [0, 0.1) is 0 Å². The summed E-state index contributed by atoms with van der Waals surface area (Å²) in [4.78, 5) is 11.4. The van der Waals surface area contributed by atoms with E-state index in [4.69, 9.17) is 9.47 Å². The first-order chi connectivity index (χ1) is 6.37. The lowest BCUT2D eigenvalue weighted by atomic mass is 10.2. The Morgan fingerprint density at radius 1 is 1.36 bits per heavy atom. The number of carbonyl (C=O) groups is 1. The van der Waals surface area contributed by atoms with Crippen LogP contribution in [0.1, 0.15) is 47.5 Å². The average molecular weight is 202 g/mol. The van der Waals surface area contributed by atoms with Crippen LogP contribution in [0.4, 0.5) is 0 Å². The molecule has 1 unspecified atom stereocenters. The molecule has 0 radical (unpaired) electrons. The van der Waals surface area contributed by atoms with Gasteiger partial charge in [0.1, 0.15) is 5.60 Å². The summed E-state index contributed by atoms with van der Waals surface area (Å²) in [5.74, 6) is -0.284. The molecule has 1 atom stereocenters. The van der Waals surface area contributed by atoms with E-state index in [1.807, 2.05) is 20.8 Å². The lowest BCUT2D eigenvalue weighted by Gasteiger charge is -2.22. The van der Waals surface area contributed by atoms with Gasteiger partial charge >= 0.3 is 5.97 Å². The van der Waals surface area contributed by atoms with Crippen molar-refractivity contribution in [1.82, 2.24) is 0 Å². The fraction of sp³-hybridized carbons (Fsp3) is 0.909. The van der Waals surface area contributed by atoms with Gasteiger partial charge in [0.05, 0.1) is 0 Å². The fourth-order valence-corrected chi connectivity index (χ4v) is 0.857. The molecule has 84 valence electrons. The molecule has 0 aromatic rings. The molecule has 0 N–H and O–H groups in total. The van der Waals surface area contributed by atoms with E-state index in [1.165, 1.54) is 0 Å². The number of unbranched alkanes of at least 4 members (excludes halogenated alkanes) is 1. The Hall–Kier alpha value is -0.570. The fourth-order valence-electron chi connectivity index (χ4n) is 0.857. The summed E-state index contributed by atoms with van der Waals surface area (Å²) < 4.78 is 10.5. The molecule has 14 heavy (non-hydrogen) atoms. The monoisotopic (exact) mass is 202 g/mol. The Morgan fingerprint density at radius 3 is 2.36 bits per heavy atom. The van der Waals surface area contributed by atoms with Crippen molar-refractivity contribution < 1.29 is 14.3 Å². The minimum Gasteiger partial charge on any atom is -0.458 e. The van der Waals surface area contributed by atoms with Crippen LogP contribution in [0.25, 0.3) is 0 Å². The maximum Gasteiger partial charge on any atom is 0.335 e. The number of hydrogen-bond donors (Lipinski definition) is 0. The highest BCUT2D eigenvalue weighted by atomic mass is 16.6. The summed E-state index contributed by atoms with van der Waals surface area (Å²) in [6.45, 7) is 9.99. The van der Waals surface area contributed by atoms with Gasteiger partial charge in [0, 0.05) is 6.61 Å². The van der Waals surface area contributed by atoms with Crippen LogP contribution in [0.2, 0.25) is 0 Å². The van der Waals surface area contributed by atoms with Gasteiger partial charge in [-0.3, -0.25) is 0 Å². The normalized spacial score (nSPS) is 13.8. The van der Waals surface area contributed by atoms with E-state index in [0.29, 0.717) is 6.61 Å². The molecule has 0 heterocycles. The number of carbonyl (C=O) groups excluding carboxylic acids is 1. The third kappa shape index (κ3) is 6.89. The van der Waals surface area contributed by atoms with E-state index < -0.39 is 11.7 Å². The van der Waals surface area contributed by atoms with Crippen LogP contribution in [0.5, 0.6) is 0 Å². The Balaban J connectivity index is 3.77. The maximum atomic E-state index is 11.4. The van der Waals surface area contributed by atoms with Gasteiger partial charge in [0.15, 0.2) is 6.10 Å². The summed E-state index contributed by atoms with van der Waals surface area (Å²) >= 11 is 0. The minimum absolute atomic E-state index is 0.284. The first-order valence-electron chi connectivity index (χ1n) is 5.21. The molecule has 0 fully saturated rings. The van der Waals surface area contributed by atoms with Crippen LogP contribution in [-0.4, -0.2) is 24.3 Å². The molecule has 3 heteroatoms. The van der Waals surface area contributed by atoms with Crippen molar-refractivity contribution in [3.8, 4) is 0 Å². The van der Waals surface area contributed by atoms with Crippen molar-refractivity contribution in [3.05, 3.63) is 0 Å². The zero-order valence-corrected chi connectivity index (χ0v) is 9.92. The van der Waals surface area contributed by atoms with Crippen molar-refractivity contribution in [3.63, 3.8) is 0 Å². The second kappa shape index (κ2) is 6.02. The van der Waals surface area contributed by atoms with Crippen molar-refractivity contribution in [2.45, 2.75) is 59.2 Å². The molecular formula is C11H22O3. The molecule has 0 saturated heterocycles. The van der Waals surface area contributed by atoms with Crippen LogP contribution >= 0.6 is 0 Å². The predicted octanol–water partition coefficient (Wildman–Crippen LogP) is 2.53. The molecule has 0 aliphatic rings. The highest BCUT2D eigenvalue weighted by molar-refractivity contribution is 5.74. The Bertz CT molecular complexity index is 170. The average Bonchev–Trinajstić information content (AvgIpc) is 2.01. The minimum atomic E-state index is -0.458. The molecule has 0 amide bonds. The molecule has 0 aliphatic carbocycles. The van der Waals surface area contributed by atoms with Gasteiger partial charge in [-0.25, -0.2) is 4.79 Å². The smallest absolute Gasteiger partial charge is 0.335 e. The SMILES string of the molecule is CCCCOC(C)C(=O)OC(C)(C)C. The van der Waals surface area contributed by atoms with Gasteiger partial charge < -0.3 is 9.47 Å². The number of esters is 1. The van der Waals surface area contributed by atoms with Gasteiger partial charge in [-0.1, -0.05) is 13.3 Å². The quantitative estimate of drug-likeness (QED) is 0.507. The van der Waals surface area contributed by atoms with E-state index in [0.717, 1.165) is 12.8 Å². The second-order valence-corrected chi connectivity index (χ2v) is 4.40. The highest BCUT2D eigenvalue weighted by Crippen LogP contribution is 2.09. The predicted molar refractivity (Wildman–Crippen MR) is 56.2 cm³/mol. The summed E-state index contributed by atoms with van der Waals surface area (Å²) in [5, 5.41) is 0. The van der Waals surface area contributed by atoms with Gasteiger partial charge in [-0.2, -0.15) is 0 Å². The molecule has 0 bridgehead atoms. The van der Waals surface area contributed by atoms with E-state index >= 15 is 0 Å². The van der Waals surface area contributed by atoms with Crippen molar-refractivity contribution >= 4 is 5.97 Å². The van der Waals surface area contributed by atoms with Gasteiger partial charge in [-0.15, -0.1) is 0 Å². The lowest BCUT2D eigenvalue weighted by molar-refractivity contribution is -0.167. The summed E-state index contributed by atoms with van der Waals surface area (Å²) in [7, 11) is 0. The second-order valence-electron chi connectivity index (χ2n) is 4.40. The van der Waals surface area contributed by atoms with Gasteiger partial charge in [0.25, 0.3) is 0 Å². The molecular weight excluding hydrogens is 180 g/mol. The third-order valence-electron chi connectivity index (χ3n) is 1.60. The molecule has 0 aromatic carbocycles. The third-order valence-corrected chi connectivity index (χ3v) is 1.60. The van der Waals surface area contributed by atoms with Gasteiger partial charge in [-0.05, 0) is 34.1 Å². The lowest BCUT2D eigenvalue weighted by Crippen LogP contribution is -2.31. The van der Waals surface area contributed by atoms with E-state index in [-0.39, 0.29) is 5.97 Å². The van der Waals surface area contributed by atoms with Crippen molar-refractivity contribution in [2.75, 3.05) is 6.61 Å². The number of hydrogen-bond acceptors (Lipinski definition) is 3. The topological polar surface area (TPSA) is 35.5 Å². The highest BCUT2D eigenvalue weighted by Gasteiger charge is 2.21. The number of ether oxygens (including phenoxy) is 2. The Kier molecular flexibility index (Phi) is 5.77. The zero-order valence-electron chi connectivity index (χ0n) is 9.92. The van der Waals surface area contributed by atoms with Crippen LogP contribution < -0.4 is 0 Å². The van der Waals surface area contributed by atoms with E-state index in [2.05, 4.69) is 6.92 Å². The molecule has 0 spiro atoms. The van der Waals surface area contributed by atoms with Crippen LogP contribution in [0.15, 0.2) is 0 Å². The first-order valence-corrected chi connectivity index (χ1v) is 5.21. The first kappa shape index (κ1) is 13.4. The standard InChI is InChI=1S/C11H22O3/c1-6-7-8-13-9(2)10(12)14-11(3,4)5/h9H,6-8H2,1-5H3. The van der Waals surface area contributed by atoms with Crippen molar-refractivity contribution in [2.24, 2.45) is 0 Å².